The van der Waals surface area contributed by atoms with E-state index in [1.807, 2.05) is 0 Å². The number of hydrogen-bond donors (Lipinski definition) is 1. The number of carboxylic acids is 1. The second kappa shape index (κ2) is 5.45. The van der Waals surface area contributed by atoms with Crippen LogP contribution in [0.2, 0.25) is 0 Å². The van der Waals surface area contributed by atoms with E-state index in [9.17, 15) is 13.6 Å². The van der Waals surface area contributed by atoms with Crippen LogP contribution in [0, 0.1) is 17.6 Å². The lowest BCUT2D eigenvalue weighted by Gasteiger charge is -2.19. The summed E-state index contributed by atoms with van der Waals surface area (Å²) in [5.74, 6) is -2.89. The van der Waals surface area contributed by atoms with Crippen LogP contribution in [0.4, 0.5) is 8.78 Å². The van der Waals surface area contributed by atoms with Crippen LogP contribution >= 0.6 is 15.9 Å². The average Bonchev–Trinajstić information content (AvgIpc) is 3.17. The molecule has 0 aliphatic heterocycles. The predicted molar refractivity (Wildman–Crippen MR) is 68.3 cm³/mol. The number of hydrogen-bond acceptors (Lipinski definition) is 2. The first-order valence-electron chi connectivity index (χ1n) is 5.88. The van der Waals surface area contributed by atoms with Crippen LogP contribution in [0.15, 0.2) is 10.5 Å². The molecule has 1 aliphatic carbocycles. The Morgan fingerprint density at radius 1 is 1.58 bits per heavy atom. The number of methoxy groups -OCH3 is 1. The van der Waals surface area contributed by atoms with Crippen LogP contribution in [0.5, 0.6) is 5.75 Å². The lowest BCUT2D eigenvalue weighted by Crippen LogP contribution is -2.11. The molecule has 2 rings (SSSR count). The Kier molecular flexibility index (Phi) is 4.08. The van der Waals surface area contributed by atoms with Gasteiger partial charge in [-0.2, -0.15) is 0 Å². The Morgan fingerprint density at radius 3 is 2.68 bits per heavy atom. The van der Waals surface area contributed by atoms with Crippen LogP contribution < -0.4 is 4.74 Å². The van der Waals surface area contributed by atoms with Crippen molar-refractivity contribution >= 4 is 21.9 Å². The standard InChI is InChI=1S/C13H13BrF2O3/c1-19-13-8(4-9(15)11(14)12(13)16)7(5-10(17)18)6-2-3-6/h4,6-7H,2-3,5H2,1H3,(H,17,18). The van der Waals surface area contributed by atoms with Gasteiger partial charge in [0.05, 0.1) is 18.0 Å². The summed E-state index contributed by atoms with van der Waals surface area (Å²) in [5, 5.41) is 8.94. The minimum Gasteiger partial charge on any atom is -0.493 e. The van der Waals surface area contributed by atoms with Gasteiger partial charge in [0, 0.05) is 11.5 Å². The van der Waals surface area contributed by atoms with Gasteiger partial charge in [-0.1, -0.05) is 0 Å². The van der Waals surface area contributed by atoms with E-state index < -0.39 is 23.5 Å². The average molecular weight is 335 g/mol. The minimum absolute atomic E-state index is 0.0774. The fraction of sp³-hybridized carbons (Fsp3) is 0.462. The maximum Gasteiger partial charge on any atom is 0.303 e. The molecule has 1 unspecified atom stereocenters. The van der Waals surface area contributed by atoms with Gasteiger partial charge in [-0.25, -0.2) is 8.78 Å². The molecule has 19 heavy (non-hydrogen) atoms. The maximum atomic E-state index is 13.9. The first-order valence-corrected chi connectivity index (χ1v) is 6.68. The van der Waals surface area contributed by atoms with Crippen LogP contribution in [0.25, 0.3) is 0 Å². The van der Waals surface area contributed by atoms with Crippen molar-refractivity contribution in [2.24, 2.45) is 5.92 Å². The molecule has 0 saturated heterocycles. The molecule has 0 spiro atoms. The summed E-state index contributed by atoms with van der Waals surface area (Å²) in [5.41, 5.74) is 0.297. The van der Waals surface area contributed by atoms with Crippen molar-refractivity contribution in [3.8, 4) is 5.75 Å². The summed E-state index contributed by atoms with van der Waals surface area (Å²) < 4.78 is 32.3. The summed E-state index contributed by atoms with van der Waals surface area (Å²) in [7, 11) is 1.29. The Morgan fingerprint density at radius 2 is 2.21 bits per heavy atom. The summed E-state index contributed by atoms with van der Waals surface area (Å²) >= 11 is 2.81. The van der Waals surface area contributed by atoms with Crippen molar-refractivity contribution in [2.45, 2.75) is 25.2 Å². The van der Waals surface area contributed by atoms with E-state index in [1.165, 1.54) is 7.11 Å². The molecule has 1 aliphatic rings. The molecular formula is C13H13BrF2O3. The highest BCUT2D eigenvalue weighted by Gasteiger charge is 2.37. The monoisotopic (exact) mass is 334 g/mol. The number of ether oxygens (including phenoxy) is 1. The van der Waals surface area contributed by atoms with Gasteiger partial charge in [0.25, 0.3) is 0 Å². The highest BCUT2D eigenvalue weighted by molar-refractivity contribution is 9.10. The van der Waals surface area contributed by atoms with Gasteiger partial charge in [-0.05, 0) is 40.8 Å². The number of rotatable bonds is 5. The zero-order chi connectivity index (χ0) is 14.2. The highest BCUT2D eigenvalue weighted by atomic mass is 79.9. The Labute approximate surface area is 117 Å². The van der Waals surface area contributed by atoms with Crippen LogP contribution in [0.3, 0.4) is 0 Å². The van der Waals surface area contributed by atoms with Crippen molar-refractivity contribution in [3.63, 3.8) is 0 Å². The van der Waals surface area contributed by atoms with Gasteiger partial charge >= 0.3 is 5.97 Å². The van der Waals surface area contributed by atoms with Crippen LogP contribution in [0.1, 0.15) is 30.7 Å². The zero-order valence-corrected chi connectivity index (χ0v) is 11.8. The number of carboxylic acid groups (broad SMARTS) is 1. The normalized spacial score (nSPS) is 16.2. The molecule has 0 amide bonds. The van der Waals surface area contributed by atoms with Gasteiger partial charge in [-0.3, -0.25) is 4.79 Å². The lowest BCUT2D eigenvalue weighted by atomic mass is 9.90. The van der Waals surface area contributed by atoms with Crippen molar-refractivity contribution in [3.05, 3.63) is 27.7 Å². The van der Waals surface area contributed by atoms with Gasteiger partial charge in [-0.15, -0.1) is 0 Å². The molecule has 3 nitrogen and oxygen atoms in total. The maximum absolute atomic E-state index is 13.9. The molecule has 6 heteroatoms. The molecule has 1 aromatic rings. The minimum atomic E-state index is -0.984. The molecule has 1 saturated carbocycles. The third-order valence-electron chi connectivity index (χ3n) is 3.34. The van der Waals surface area contributed by atoms with E-state index in [1.54, 1.807) is 0 Å². The first kappa shape index (κ1) is 14.2. The van der Waals surface area contributed by atoms with E-state index in [0.717, 1.165) is 18.9 Å². The van der Waals surface area contributed by atoms with E-state index in [2.05, 4.69) is 15.9 Å². The zero-order valence-electron chi connectivity index (χ0n) is 10.3. The first-order chi connectivity index (χ1) is 8.95. The molecule has 1 N–H and O–H groups in total. The van der Waals surface area contributed by atoms with Crippen molar-refractivity contribution in [2.75, 3.05) is 7.11 Å². The molecule has 1 aromatic carbocycles. The third-order valence-corrected chi connectivity index (χ3v) is 4.06. The smallest absolute Gasteiger partial charge is 0.303 e. The summed E-state index contributed by atoms with van der Waals surface area (Å²) in [6, 6.07) is 1.16. The molecule has 0 radical (unpaired) electrons. The SMILES string of the molecule is COc1c(C(CC(=O)O)C2CC2)cc(F)c(Br)c1F. The molecule has 0 heterocycles. The summed E-state index contributed by atoms with van der Waals surface area (Å²) in [6.45, 7) is 0. The van der Waals surface area contributed by atoms with Gasteiger partial charge in [0.15, 0.2) is 11.6 Å². The Bertz CT molecular complexity index is 515. The molecule has 1 atom stereocenters. The highest BCUT2D eigenvalue weighted by Crippen LogP contribution is 2.48. The second-order valence-corrected chi connectivity index (χ2v) is 5.44. The van der Waals surface area contributed by atoms with Crippen molar-refractivity contribution in [1.29, 1.82) is 0 Å². The van der Waals surface area contributed by atoms with E-state index in [4.69, 9.17) is 9.84 Å². The van der Waals surface area contributed by atoms with Gasteiger partial charge in [0.1, 0.15) is 5.82 Å². The van der Waals surface area contributed by atoms with Crippen molar-refractivity contribution < 1.29 is 23.4 Å². The quantitative estimate of drug-likeness (QED) is 0.835. The van der Waals surface area contributed by atoms with Gasteiger partial charge in [0.2, 0.25) is 0 Å². The number of carbonyl (C=O) groups is 1. The van der Waals surface area contributed by atoms with Gasteiger partial charge < -0.3 is 9.84 Å². The predicted octanol–water partition coefficient (Wildman–Crippen LogP) is 3.70. The molecule has 1 fully saturated rings. The fourth-order valence-corrected chi connectivity index (χ4v) is 2.59. The number of halogens is 3. The van der Waals surface area contributed by atoms with E-state index in [0.29, 0.717) is 5.56 Å². The van der Waals surface area contributed by atoms with Crippen molar-refractivity contribution in [1.82, 2.24) is 0 Å². The molecule has 0 bridgehead atoms. The summed E-state index contributed by atoms with van der Waals surface area (Å²) in [6.07, 6.45) is 1.60. The topological polar surface area (TPSA) is 46.5 Å². The number of benzene rings is 1. The number of aliphatic carboxylic acids is 1. The summed E-state index contributed by atoms with van der Waals surface area (Å²) in [4.78, 5) is 10.9. The third kappa shape index (κ3) is 2.88. The van der Waals surface area contributed by atoms with E-state index >= 15 is 0 Å². The molecule has 104 valence electrons. The Balaban J connectivity index is 2.49. The lowest BCUT2D eigenvalue weighted by molar-refractivity contribution is -0.137. The largest absolute Gasteiger partial charge is 0.493 e. The Hall–Kier alpha value is -1.17. The van der Waals surface area contributed by atoms with Crippen LogP contribution in [-0.2, 0) is 4.79 Å². The fourth-order valence-electron chi connectivity index (χ4n) is 2.30. The van der Waals surface area contributed by atoms with E-state index in [-0.39, 0.29) is 22.6 Å². The molecular weight excluding hydrogens is 322 g/mol. The molecule has 0 aromatic heterocycles. The van der Waals surface area contributed by atoms with Crippen LogP contribution in [-0.4, -0.2) is 18.2 Å². The second-order valence-electron chi connectivity index (χ2n) is 4.65.